The highest BCUT2D eigenvalue weighted by molar-refractivity contribution is 7.09. The first-order chi connectivity index (χ1) is 14.6. The number of aliphatic carboxylic acids is 1. The van der Waals surface area contributed by atoms with Crippen LogP contribution in [0.2, 0.25) is 0 Å². The number of hydrogen-bond acceptors (Lipinski definition) is 7. The average Bonchev–Trinajstić information content (AvgIpc) is 3.41. The van der Waals surface area contributed by atoms with Crippen molar-refractivity contribution >= 4 is 17.3 Å². The molecule has 2 aromatic rings. The SMILES string of the molecule is Cc1nc(COC[C@]23COC[C@H]2CN(Cc2cnn(C)c2)C3)cs1.O=C(O)C(F)(F)F. The van der Waals surface area contributed by atoms with Crippen molar-refractivity contribution in [2.24, 2.45) is 18.4 Å². The number of nitrogens with zero attached hydrogens (tertiary/aromatic N) is 4. The smallest absolute Gasteiger partial charge is 0.475 e. The molecule has 31 heavy (non-hydrogen) atoms. The molecule has 2 aliphatic rings. The van der Waals surface area contributed by atoms with Crippen LogP contribution >= 0.6 is 11.3 Å². The zero-order valence-electron chi connectivity index (χ0n) is 17.3. The van der Waals surface area contributed by atoms with Crippen LogP contribution in [0.3, 0.4) is 0 Å². The summed E-state index contributed by atoms with van der Waals surface area (Å²) in [6, 6.07) is 0. The second-order valence-corrected chi connectivity index (χ2v) is 8.98. The van der Waals surface area contributed by atoms with Gasteiger partial charge in [-0.2, -0.15) is 18.3 Å². The van der Waals surface area contributed by atoms with Crippen molar-refractivity contribution in [1.82, 2.24) is 19.7 Å². The van der Waals surface area contributed by atoms with E-state index in [0.717, 1.165) is 50.2 Å². The Morgan fingerprint density at radius 2 is 2.23 bits per heavy atom. The minimum Gasteiger partial charge on any atom is -0.475 e. The summed E-state index contributed by atoms with van der Waals surface area (Å²) in [4.78, 5) is 15.9. The van der Waals surface area contributed by atoms with Crippen molar-refractivity contribution in [1.29, 1.82) is 0 Å². The van der Waals surface area contributed by atoms with Crippen LogP contribution in [0.15, 0.2) is 17.8 Å². The fourth-order valence-corrected chi connectivity index (χ4v) is 4.51. The first-order valence-electron chi connectivity index (χ1n) is 9.64. The molecular weight excluding hydrogens is 437 g/mol. The molecule has 0 saturated carbocycles. The summed E-state index contributed by atoms with van der Waals surface area (Å²) in [5.41, 5.74) is 2.44. The van der Waals surface area contributed by atoms with E-state index in [9.17, 15) is 13.2 Å². The molecule has 1 N–H and O–H groups in total. The molecule has 4 heterocycles. The molecule has 0 bridgehead atoms. The van der Waals surface area contributed by atoms with Gasteiger partial charge in [0, 0.05) is 55.2 Å². The number of halogens is 3. The van der Waals surface area contributed by atoms with E-state index in [1.54, 1.807) is 11.3 Å². The number of aryl methyl sites for hydroxylation is 2. The van der Waals surface area contributed by atoms with E-state index in [0.29, 0.717) is 12.5 Å². The Bertz CT molecular complexity index is 888. The van der Waals surface area contributed by atoms with Crippen LogP contribution in [0.1, 0.15) is 16.3 Å². The second-order valence-electron chi connectivity index (χ2n) is 7.92. The Kier molecular flexibility index (Phi) is 7.35. The van der Waals surface area contributed by atoms with Crippen molar-refractivity contribution < 1.29 is 32.5 Å². The van der Waals surface area contributed by atoms with Crippen LogP contribution in [0, 0.1) is 18.3 Å². The van der Waals surface area contributed by atoms with E-state index in [1.165, 1.54) is 5.56 Å². The largest absolute Gasteiger partial charge is 0.490 e. The molecule has 8 nitrogen and oxygen atoms in total. The van der Waals surface area contributed by atoms with Crippen LogP contribution in [0.4, 0.5) is 13.2 Å². The minimum absolute atomic E-state index is 0.132. The van der Waals surface area contributed by atoms with E-state index in [1.807, 2.05) is 24.9 Å². The van der Waals surface area contributed by atoms with Crippen molar-refractivity contribution in [2.75, 3.05) is 32.9 Å². The van der Waals surface area contributed by atoms with Crippen molar-refractivity contribution in [2.45, 2.75) is 26.3 Å². The predicted molar refractivity (Wildman–Crippen MR) is 105 cm³/mol. The lowest BCUT2D eigenvalue weighted by molar-refractivity contribution is -0.192. The van der Waals surface area contributed by atoms with Gasteiger partial charge in [0.05, 0.1) is 43.3 Å². The highest BCUT2D eigenvalue weighted by atomic mass is 32.1. The van der Waals surface area contributed by atoms with E-state index in [4.69, 9.17) is 19.4 Å². The highest BCUT2D eigenvalue weighted by Crippen LogP contribution is 2.42. The number of thiazole rings is 1. The number of rotatable bonds is 6. The van der Waals surface area contributed by atoms with Gasteiger partial charge in [-0.05, 0) is 6.92 Å². The topological polar surface area (TPSA) is 89.7 Å². The number of carbonyl (C=O) groups is 1. The van der Waals surface area contributed by atoms with Gasteiger partial charge in [0.1, 0.15) is 0 Å². The van der Waals surface area contributed by atoms with E-state index < -0.39 is 12.1 Å². The molecule has 2 aliphatic heterocycles. The van der Waals surface area contributed by atoms with E-state index >= 15 is 0 Å². The molecule has 172 valence electrons. The number of carboxylic acids is 1. The van der Waals surface area contributed by atoms with Crippen molar-refractivity contribution in [3.8, 4) is 0 Å². The van der Waals surface area contributed by atoms with Crippen LogP contribution in [0.5, 0.6) is 0 Å². The number of hydrogen-bond donors (Lipinski definition) is 1. The maximum atomic E-state index is 10.6. The number of ether oxygens (including phenoxy) is 2. The van der Waals surface area contributed by atoms with E-state index in [-0.39, 0.29) is 5.41 Å². The van der Waals surface area contributed by atoms with Gasteiger partial charge >= 0.3 is 12.1 Å². The summed E-state index contributed by atoms with van der Waals surface area (Å²) in [5.74, 6) is -2.20. The standard InChI is InChI=1S/C17H24N4O2S.C2HF3O2/c1-13-19-16(9-24-13)8-23-12-17-10-21(6-15(17)7-22-11-17)5-14-3-18-20(2)4-14;3-2(4,5)1(6)7/h3-4,9,15H,5-8,10-12H2,1-2H3;(H,6,7)/t15-,17+;/m1./s1. The van der Waals surface area contributed by atoms with Gasteiger partial charge in [-0.25, -0.2) is 9.78 Å². The summed E-state index contributed by atoms with van der Waals surface area (Å²) < 4.78 is 45.4. The van der Waals surface area contributed by atoms with Crippen LogP contribution in [0.25, 0.3) is 0 Å². The molecule has 0 aromatic carbocycles. The number of fused-ring (bicyclic) bond motifs is 1. The molecule has 0 amide bonds. The summed E-state index contributed by atoms with van der Waals surface area (Å²) in [6.45, 7) is 8.09. The molecule has 2 aromatic heterocycles. The maximum Gasteiger partial charge on any atom is 0.490 e. The molecule has 0 aliphatic carbocycles. The summed E-state index contributed by atoms with van der Waals surface area (Å²) in [7, 11) is 1.96. The third kappa shape index (κ3) is 6.25. The lowest BCUT2D eigenvalue weighted by Crippen LogP contribution is -2.35. The molecule has 12 heteroatoms. The third-order valence-corrected chi connectivity index (χ3v) is 6.13. The average molecular weight is 462 g/mol. The maximum absolute atomic E-state index is 10.6. The molecule has 2 atom stereocenters. The first kappa shape index (κ1) is 23.6. The molecule has 4 rings (SSSR count). The lowest BCUT2D eigenvalue weighted by atomic mass is 9.82. The lowest BCUT2D eigenvalue weighted by Gasteiger charge is -2.26. The second kappa shape index (κ2) is 9.63. The Morgan fingerprint density at radius 3 is 2.81 bits per heavy atom. The molecule has 0 spiro atoms. The van der Waals surface area contributed by atoms with Gasteiger partial charge in [0.25, 0.3) is 0 Å². The van der Waals surface area contributed by atoms with Gasteiger partial charge in [-0.3, -0.25) is 9.58 Å². The fourth-order valence-electron chi connectivity index (χ4n) is 3.91. The Labute approximate surface area is 181 Å². The molecule has 2 saturated heterocycles. The summed E-state index contributed by atoms with van der Waals surface area (Å²) >= 11 is 1.68. The molecule has 0 unspecified atom stereocenters. The van der Waals surface area contributed by atoms with Gasteiger partial charge in [-0.1, -0.05) is 0 Å². The van der Waals surface area contributed by atoms with Crippen LogP contribution in [-0.4, -0.2) is 69.8 Å². The van der Waals surface area contributed by atoms with Gasteiger partial charge in [-0.15, -0.1) is 11.3 Å². The van der Waals surface area contributed by atoms with Gasteiger partial charge in [0.15, 0.2) is 0 Å². The van der Waals surface area contributed by atoms with Crippen LogP contribution < -0.4 is 0 Å². The molecule has 2 fully saturated rings. The zero-order valence-corrected chi connectivity index (χ0v) is 18.1. The summed E-state index contributed by atoms with van der Waals surface area (Å²) in [5, 5.41) is 14.6. The third-order valence-electron chi connectivity index (χ3n) is 5.30. The first-order valence-corrected chi connectivity index (χ1v) is 10.5. The van der Waals surface area contributed by atoms with Crippen LogP contribution in [-0.2, 0) is 34.5 Å². The van der Waals surface area contributed by atoms with Gasteiger partial charge < -0.3 is 14.6 Å². The normalized spacial score (nSPS) is 23.5. The Hall–Kier alpha value is -2.02. The monoisotopic (exact) mass is 462 g/mol. The minimum atomic E-state index is -5.08. The fraction of sp³-hybridized carbons (Fsp3) is 0.632. The van der Waals surface area contributed by atoms with E-state index in [2.05, 4.69) is 26.6 Å². The number of carboxylic acid groups (broad SMARTS) is 1. The van der Waals surface area contributed by atoms with Crippen molar-refractivity contribution in [3.05, 3.63) is 34.0 Å². The van der Waals surface area contributed by atoms with Gasteiger partial charge in [0.2, 0.25) is 0 Å². The zero-order chi connectivity index (χ0) is 22.6. The quantitative estimate of drug-likeness (QED) is 0.706. The summed E-state index contributed by atoms with van der Waals surface area (Å²) in [6.07, 6.45) is -1.03. The van der Waals surface area contributed by atoms with Crippen molar-refractivity contribution in [3.63, 3.8) is 0 Å². The number of alkyl halides is 3. The Balaban J connectivity index is 0.000000339. The number of likely N-dealkylation sites (tertiary alicyclic amines) is 1. The molecule has 0 radical (unpaired) electrons. The number of aromatic nitrogens is 3. The highest BCUT2D eigenvalue weighted by Gasteiger charge is 2.50. The Morgan fingerprint density at radius 1 is 1.48 bits per heavy atom. The predicted octanol–water partition coefficient (Wildman–Crippen LogP) is 2.48. The molecular formula is C19H25F3N4O4S.